The molecule has 0 radical (unpaired) electrons. The highest BCUT2D eigenvalue weighted by molar-refractivity contribution is 5.93. The predicted octanol–water partition coefficient (Wildman–Crippen LogP) is 5.29. The van der Waals surface area contributed by atoms with Crippen LogP contribution >= 0.6 is 0 Å². The molecular formula is C20H34O3. The zero-order valence-electron chi connectivity index (χ0n) is 15.9. The molecule has 23 heavy (non-hydrogen) atoms. The van der Waals surface area contributed by atoms with Gasteiger partial charge in [0, 0.05) is 18.8 Å². The van der Waals surface area contributed by atoms with Gasteiger partial charge in [-0.3, -0.25) is 4.79 Å². The van der Waals surface area contributed by atoms with Crippen LogP contribution in [0.25, 0.3) is 0 Å². The SMILES string of the molecule is CC(=O)c1ccccc1.CCCOC(C)(C)C(C)(C)OCCC. The number of Topliss-reactive ketones (excluding diaryl/α,β-unsaturated/α-hetero) is 1. The summed E-state index contributed by atoms with van der Waals surface area (Å²) in [6, 6.07) is 9.23. The lowest BCUT2D eigenvalue weighted by Gasteiger charge is -2.41. The van der Waals surface area contributed by atoms with Crippen LogP contribution in [0, 0.1) is 0 Å². The zero-order valence-corrected chi connectivity index (χ0v) is 15.9. The van der Waals surface area contributed by atoms with Crippen LogP contribution in [0.2, 0.25) is 0 Å². The minimum absolute atomic E-state index is 0.121. The molecule has 0 amide bonds. The molecule has 0 aromatic heterocycles. The van der Waals surface area contributed by atoms with E-state index in [1.807, 2.05) is 30.3 Å². The summed E-state index contributed by atoms with van der Waals surface area (Å²) in [6.45, 7) is 15.8. The van der Waals surface area contributed by atoms with Crippen molar-refractivity contribution in [2.24, 2.45) is 0 Å². The molecule has 0 aliphatic heterocycles. The van der Waals surface area contributed by atoms with E-state index < -0.39 is 0 Å². The lowest BCUT2D eigenvalue weighted by molar-refractivity contribution is -0.176. The molecule has 0 saturated carbocycles. The highest BCUT2D eigenvalue weighted by Gasteiger charge is 2.38. The summed E-state index contributed by atoms with van der Waals surface area (Å²) >= 11 is 0. The highest BCUT2D eigenvalue weighted by Crippen LogP contribution is 2.29. The number of ether oxygens (including phenoxy) is 2. The molecule has 1 aromatic rings. The summed E-state index contributed by atoms with van der Waals surface area (Å²) < 4.78 is 11.6. The molecule has 0 heterocycles. The third-order valence-electron chi connectivity index (χ3n) is 3.96. The van der Waals surface area contributed by atoms with Crippen molar-refractivity contribution in [3.63, 3.8) is 0 Å². The number of benzene rings is 1. The summed E-state index contributed by atoms with van der Waals surface area (Å²) in [5, 5.41) is 0. The molecule has 0 aliphatic carbocycles. The van der Waals surface area contributed by atoms with Crippen LogP contribution in [0.5, 0.6) is 0 Å². The summed E-state index contributed by atoms with van der Waals surface area (Å²) in [7, 11) is 0. The second-order valence-corrected chi connectivity index (χ2v) is 6.64. The third-order valence-corrected chi connectivity index (χ3v) is 3.96. The van der Waals surface area contributed by atoms with Gasteiger partial charge in [0.25, 0.3) is 0 Å². The second-order valence-electron chi connectivity index (χ2n) is 6.64. The van der Waals surface area contributed by atoms with Gasteiger partial charge in [0.1, 0.15) is 0 Å². The first-order valence-electron chi connectivity index (χ1n) is 8.51. The van der Waals surface area contributed by atoms with Crippen molar-refractivity contribution < 1.29 is 14.3 Å². The van der Waals surface area contributed by atoms with E-state index in [9.17, 15) is 4.79 Å². The quantitative estimate of drug-likeness (QED) is 0.610. The Morgan fingerprint density at radius 1 is 0.870 bits per heavy atom. The fourth-order valence-corrected chi connectivity index (χ4v) is 1.73. The first-order valence-corrected chi connectivity index (χ1v) is 8.51. The van der Waals surface area contributed by atoms with Crippen molar-refractivity contribution in [1.82, 2.24) is 0 Å². The van der Waals surface area contributed by atoms with Crippen LogP contribution in [0.15, 0.2) is 30.3 Å². The number of ketones is 1. The van der Waals surface area contributed by atoms with Gasteiger partial charge in [-0.15, -0.1) is 0 Å². The van der Waals surface area contributed by atoms with Gasteiger partial charge in [-0.25, -0.2) is 0 Å². The Bertz CT molecular complexity index is 417. The maximum absolute atomic E-state index is 10.6. The Morgan fingerprint density at radius 3 is 1.52 bits per heavy atom. The number of hydrogen-bond acceptors (Lipinski definition) is 3. The molecule has 0 unspecified atom stereocenters. The van der Waals surface area contributed by atoms with Gasteiger partial charge >= 0.3 is 0 Å². The first-order chi connectivity index (χ1) is 10.7. The number of hydrogen-bond donors (Lipinski definition) is 0. The molecule has 132 valence electrons. The molecular weight excluding hydrogens is 288 g/mol. The van der Waals surface area contributed by atoms with E-state index >= 15 is 0 Å². The Hall–Kier alpha value is -1.19. The van der Waals surface area contributed by atoms with Crippen LogP contribution in [0.4, 0.5) is 0 Å². The molecule has 0 atom stereocenters. The average molecular weight is 322 g/mol. The zero-order chi connectivity index (χ0) is 17.9. The molecule has 0 bridgehead atoms. The summed E-state index contributed by atoms with van der Waals surface area (Å²) in [5.74, 6) is 0.121. The normalized spacial score (nSPS) is 11.6. The summed E-state index contributed by atoms with van der Waals surface area (Å²) in [6.07, 6.45) is 2.10. The van der Waals surface area contributed by atoms with E-state index in [1.54, 1.807) is 6.92 Å². The van der Waals surface area contributed by atoms with E-state index in [2.05, 4.69) is 41.5 Å². The smallest absolute Gasteiger partial charge is 0.159 e. The van der Waals surface area contributed by atoms with Crippen molar-refractivity contribution in [3.8, 4) is 0 Å². The van der Waals surface area contributed by atoms with Crippen molar-refractivity contribution in [2.75, 3.05) is 13.2 Å². The molecule has 0 saturated heterocycles. The molecule has 0 aliphatic rings. The molecule has 0 fully saturated rings. The largest absolute Gasteiger partial charge is 0.373 e. The van der Waals surface area contributed by atoms with E-state index in [1.165, 1.54) is 0 Å². The minimum Gasteiger partial charge on any atom is -0.373 e. The molecule has 0 spiro atoms. The van der Waals surface area contributed by atoms with Crippen molar-refractivity contribution in [1.29, 1.82) is 0 Å². The summed E-state index contributed by atoms with van der Waals surface area (Å²) in [4.78, 5) is 10.6. The maximum Gasteiger partial charge on any atom is 0.159 e. The van der Waals surface area contributed by atoms with Gasteiger partial charge in [0.05, 0.1) is 11.2 Å². The van der Waals surface area contributed by atoms with E-state index in [-0.39, 0.29) is 17.0 Å². The fraction of sp³-hybridized carbons (Fsp3) is 0.650. The fourth-order valence-electron chi connectivity index (χ4n) is 1.73. The number of carbonyl (C=O) groups excluding carboxylic acids is 1. The Labute approximate surface area is 142 Å². The first kappa shape index (κ1) is 21.8. The number of carbonyl (C=O) groups is 1. The molecule has 0 N–H and O–H groups in total. The van der Waals surface area contributed by atoms with Crippen LogP contribution in [0.1, 0.15) is 71.7 Å². The standard InChI is InChI=1S/C12H26O2.C8H8O/c1-7-9-13-11(3,4)12(5,6)14-10-8-2;1-7(9)8-5-3-2-4-6-8/h7-10H2,1-6H3;2-6H,1H3. The Kier molecular flexibility index (Phi) is 10.0. The van der Waals surface area contributed by atoms with Gasteiger partial charge < -0.3 is 9.47 Å². The average Bonchev–Trinajstić information content (AvgIpc) is 2.52. The van der Waals surface area contributed by atoms with Crippen LogP contribution in [-0.2, 0) is 9.47 Å². The third kappa shape index (κ3) is 8.29. The van der Waals surface area contributed by atoms with E-state index in [4.69, 9.17) is 9.47 Å². The minimum atomic E-state index is -0.224. The maximum atomic E-state index is 10.6. The highest BCUT2D eigenvalue weighted by atomic mass is 16.6. The van der Waals surface area contributed by atoms with Crippen LogP contribution in [0.3, 0.4) is 0 Å². The molecule has 3 heteroatoms. The summed E-state index contributed by atoms with van der Waals surface area (Å²) in [5.41, 5.74) is 0.327. The van der Waals surface area contributed by atoms with Crippen molar-refractivity contribution in [2.45, 2.75) is 72.5 Å². The second kappa shape index (κ2) is 10.6. The van der Waals surface area contributed by atoms with Crippen molar-refractivity contribution in [3.05, 3.63) is 35.9 Å². The van der Waals surface area contributed by atoms with Crippen LogP contribution < -0.4 is 0 Å². The van der Waals surface area contributed by atoms with Gasteiger partial charge in [-0.1, -0.05) is 44.2 Å². The van der Waals surface area contributed by atoms with Gasteiger partial charge in [-0.05, 0) is 47.5 Å². The predicted molar refractivity (Wildman–Crippen MR) is 97.1 cm³/mol. The monoisotopic (exact) mass is 322 g/mol. The van der Waals surface area contributed by atoms with E-state index in [0.29, 0.717) is 0 Å². The van der Waals surface area contributed by atoms with Gasteiger partial charge in [-0.2, -0.15) is 0 Å². The Balaban J connectivity index is 0.000000459. The molecule has 1 rings (SSSR count). The Morgan fingerprint density at radius 2 is 1.26 bits per heavy atom. The van der Waals surface area contributed by atoms with Gasteiger partial charge in [0.2, 0.25) is 0 Å². The van der Waals surface area contributed by atoms with Crippen molar-refractivity contribution >= 4 is 5.78 Å². The van der Waals surface area contributed by atoms with E-state index in [0.717, 1.165) is 31.6 Å². The van der Waals surface area contributed by atoms with Gasteiger partial charge in [0.15, 0.2) is 5.78 Å². The number of rotatable bonds is 8. The molecule has 1 aromatic carbocycles. The van der Waals surface area contributed by atoms with Crippen LogP contribution in [-0.4, -0.2) is 30.2 Å². The lowest BCUT2D eigenvalue weighted by Crippen LogP contribution is -2.49. The lowest BCUT2D eigenvalue weighted by atomic mass is 9.89. The topological polar surface area (TPSA) is 35.5 Å². The molecule has 3 nitrogen and oxygen atoms in total.